The maximum Gasteiger partial charge on any atom is 0.134 e. The molecule has 0 fully saturated rings. The predicted molar refractivity (Wildman–Crippen MR) is 84.3 cm³/mol. The first-order valence-corrected chi connectivity index (χ1v) is 7.65. The van der Waals surface area contributed by atoms with Crippen molar-refractivity contribution in [1.82, 2.24) is 0 Å². The molecule has 0 amide bonds. The number of halogens is 2. The first-order valence-electron chi connectivity index (χ1n) is 5.32. The van der Waals surface area contributed by atoms with Crippen LogP contribution in [0, 0.1) is 2.88 Å². The van der Waals surface area contributed by atoms with Gasteiger partial charge >= 0.3 is 0 Å². The molecule has 2 heterocycles. The molecular formula is C13H9ClINOS. The second-order valence-electron chi connectivity index (χ2n) is 3.99. The zero-order valence-corrected chi connectivity index (χ0v) is 12.9. The minimum atomic E-state index is -0.226. The highest BCUT2D eigenvalue weighted by Gasteiger charge is 2.15. The van der Waals surface area contributed by atoms with E-state index in [9.17, 15) is 0 Å². The van der Waals surface area contributed by atoms with Crippen LogP contribution < -0.4 is 5.73 Å². The van der Waals surface area contributed by atoms with Crippen LogP contribution in [0.15, 0.2) is 40.1 Å². The van der Waals surface area contributed by atoms with E-state index in [-0.39, 0.29) is 6.04 Å². The van der Waals surface area contributed by atoms with Gasteiger partial charge in [0.05, 0.1) is 8.93 Å². The fourth-order valence-corrected chi connectivity index (χ4v) is 3.43. The summed E-state index contributed by atoms with van der Waals surface area (Å²) in [4.78, 5) is 0. The van der Waals surface area contributed by atoms with E-state index in [1.54, 1.807) is 11.3 Å². The summed E-state index contributed by atoms with van der Waals surface area (Å²) in [6.45, 7) is 0. The van der Waals surface area contributed by atoms with Crippen molar-refractivity contribution < 1.29 is 4.42 Å². The molecule has 5 heteroatoms. The number of furan rings is 1. The van der Waals surface area contributed by atoms with Gasteiger partial charge in [0.25, 0.3) is 0 Å². The Morgan fingerprint density at radius 3 is 2.83 bits per heavy atom. The predicted octanol–water partition coefficient (Wildman–Crippen LogP) is 4.80. The van der Waals surface area contributed by atoms with Crippen LogP contribution in [0.4, 0.5) is 0 Å². The second kappa shape index (κ2) is 4.85. The van der Waals surface area contributed by atoms with Gasteiger partial charge < -0.3 is 10.2 Å². The molecule has 0 radical (unpaired) electrons. The Labute approximate surface area is 127 Å². The molecule has 2 N–H and O–H groups in total. The zero-order valence-electron chi connectivity index (χ0n) is 9.19. The quantitative estimate of drug-likeness (QED) is 0.639. The summed E-state index contributed by atoms with van der Waals surface area (Å²) in [6, 6.07) is 9.37. The smallest absolute Gasteiger partial charge is 0.134 e. The van der Waals surface area contributed by atoms with Crippen molar-refractivity contribution in [1.29, 1.82) is 0 Å². The Bertz CT molecular complexity index is 706. The molecule has 1 atom stereocenters. The van der Waals surface area contributed by atoms with E-state index in [4.69, 9.17) is 21.8 Å². The topological polar surface area (TPSA) is 39.2 Å². The highest BCUT2D eigenvalue weighted by atomic mass is 127. The van der Waals surface area contributed by atoms with Crippen LogP contribution in [0.1, 0.15) is 17.4 Å². The minimum absolute atomic E-state index is 0.226. The van der Waals surface area contributed by atoms with Crippen molar-refractivity contribution in [2.75, 3.05) is 0 Å². The van der Waals surface area contributed by atoms with Gasteiger partial charge in [-0.1, -0.05) is 11.6 Å². The van der Waals surface area contributed by atoms with Crippen LogP contribution >= 0.6 is 45.5 Å². The zero-order chi connectivity index (χ0) is 12.7. The second-order valence-corrected chi connectivity index (χ2v) is 7.23. The van der Waals surface area contributed by atoms with Crippen molar-refractivity contribution >= 4 is 56.5 Å². The number of nitrogens with two attached hydrogens (primary N) is 1. The van der Waals surface area contributed by atoms with E-state index < -0.39 is 0 Å². The number of benzene rings is 1. The van der Waals surface area contributed by atoms with E-state index in [1.807, 2.05) is 24.3 Å². The van der Waals surface area contributed by atoms with Gasteiger partial charge in [0.15, 0.2) is 0 Å². The lowest BCUT2D eigenvalue weighted by Crippen LogP contribution is -2.09. The van der Waals surface area contributed by atoms with Gasteiger partial charge in [-0.25, -0.2) is 0 Å². The monoisotopic (exact) mass is 389 g/mol. The Balaban J connectivity index is 2.03. The molecule has 0 saturated carbocycles. The Morgan fingerprint density at radius 1 is 1.28 bits per heavy atom. The van der Waals surface area contributed by atoms with Crippen LogP contribution in [0.3, 0.4) is 0 Å². The molecule has 0 aliphatic rings. The van der Waals surface area contributed by atoms with Gasteiger partial charge in [0, 0.05) is 10.4 Å². The van der Waals surface area contributed by atoms with Crippen LogP contribution in [0.5, 0.6) is 0 Å². The highest BCUT2D eigenvalue weighted by Crippen LogP contribution is 2.30. The largest absolute Gasteiger partial charge is 0.459 e. The third kappa shape index (κ3) is 2.30. The molecule has 2 nitrogen and oxygen atoms in total. The third-order valence-corrected chi connectivity index (χ3v) is 4.79. The molecule has 0 spiro atoms. The normalized spacial score (nSPS) is 13.1. The van der Waals surface area contributed by atoms with Gasteiger partial charge in [-0.2, -0.15) is 0 Å². The number of fused-ring (bicyclic) bond motifs is 1. The average Bonchev–Trinajstić information content (AvgIpc) is 2.93. The van der Waals surface area contributed by atoms with Crippen LogP contribution in [-0.2, 0) is 0 Å². The fourth-order valence-electron chi connectivity index (χ4n) is 1.84. The molecule has 3 rings (SSSR count). The highest BCUT2D eigenvalue weighted by molar-refractivity contribution is 14.1. The van der Waals surface area contributed by atoms with E-state index in [2.05, 4.69) is 34.0 Å². The maximum absolute atomic E-state index is 6.21. The van der Waals surface area contributed by atoms with Crippen molar-refractivity contribution in [3.8, 4) is 0 Å². The van der Waals surface area contributed by atoms with Gasteiger partial charge in [0.2, 0.25) is 0 Å². The molecular weight excluding hydrogens is 381 g/mol. The minimum Gasteiger partial charge on any atom is -0.459 e. The third-order valence-electron chi connectivity index (χ3n) is 2.75. The van der Waals surface area contributed by atoms with Gasteiger partial charge in [-0.05, 0) is 63.9 Å². The Kier molecular flexibility index (Phi) is 3.36. The molecule has 0 aliphatic carbocycles. The lowest BCUT2D eigenvalue weighted by Gasteiger charge is -2.05. The maximum atomic E-state index is 6.21. The molecule has 0 saturated heterocycles. The van der Waals surface area contributed by atoms with Crippen molar-refractivity contribution in [3.05, 3.63) is 54.9 Å². The lowest BCUT2D eigenvalue weighted by atomic mass is 10.1. The molecule has 18 heavy (non-hydrogen) atoms. The summed E-state index contributed by atoms with van der Waals surface area (Å²) in [5, 5.41) is 3.75. The first-order chi connectivity index (χ1) is 8.63. The molecule has 2 aromatic heterocycles. The van der Waals surface area contributed by atoms with E-state index in [0.29, 0.717) is 5.02 Å². The average molecular weight is 390 g/mol. The van der Waals surface area contributed by atoms with Gasteiger partial charge in [0.1, 0.15) is 11.3 Å². The van der Waals surface area contributed by atoms with E-state index >= 15 is 0 Å². The molecule has 92 valence electrons. The SMILES string of the molecule is NC(c1csc(I)c1)c1cc2cc(Cl)ccc2o1. The van der Waals surface area contributed by atoms with E-state index in [1.165, 1.54) is 2.88 Å². The summed E-state index contributed by atoms with van der Waals surface area (Å²) in [5.74, 6) is 0.765. The van der Waals surface area contributed by atoms with Gasteiger partial charge in [-0.15, -0.1) is 11.3 Å². The fraction of sp³-hybridized carbons (Fsp3) is 0.0769. The van der Waals surface area contributed by atoms with Gasteiger partial charge in [-0.3, -0.25) is 0 Å². The van der Waals surface area contributed by atoms with Crippen molar-refractivity contribution in [2.24, 2.45) is 5.73 Å². The van der Waals surface area contributed by atoms with Crippen molar-refractivity contribution in [3.63, 3.8) is 0 Å². The van der Waals surface area contributed by atoms with Crippen LogP contribution in [0.2, 0.25) is 5.02 Å². The number of hydrogen-bond acceptors (Lipinski definition) is 3. The Hall–Kier alpha value is -0.560. The standard InChI is InChI=1S/C13H9ClINOS/c14-9-1-2-10-7(3-9)4-11(17-10)13(16)8-5-12(15)18-6-8/h1-6,13H,16H2. The first kappa shape index (κ1) is 12.5. The number of thiophene rings is 1. The van der Waals surface area contributed by atoms with E-state index in [0.717, 1.165) is 22.3 Å². The van der Waals surface area contributed by atoms with Crippen LogP contribution in [-0.4, -0.2) is 0 Å². The summed E-state index contributed by atoms with van der Waals surface area (Å²) in [7, 11) is 0. The van der Waals surface area contributed by atoms with Crippen LogP contribution in [0.25, 0.3) is 11.0 Å². The molecule has 3 aromatic rings. The van der Waals surface area contributed by atoms with Crippen molar-refractivity contribution in [2.45, 2.75) is 6.04 Å². The summed E-state index contributed by atoms with van der Waals surface area (Å²) >= 11 is 9.92. The Morgan fingerprint density at radius 2 is 2.11 bits per heavy atom. The summed E-state index contributed by atoms with van der Waals surface area (Å²) in [5.41, 5.74) is 8.10. The summed E-state index contributed by atoms with van der Waals surface area (Å²) < 4.78 is 6.99. The number of rotatable bonds is 2. The molecule has 0 aliphatic heterocycles. The summed E-state index contributed by atoms with van der Waals surface area (Å²) in [6.07, 6.45) is 0. The lowest BCUT2D eigenvalue weighted by molar-refractivity contribution is 0.525. The molecule has 1 unspecified atom stereocenters. The molecule has 1 aromatic carbocycles. The number of hydrogen-bond donors (Lipinski definition) is 1. The molecule has 0 bridgehead atoms.